The van der Waals surface area contributed by atoms with Gasteiger partial charge >= 0.3 is 0 Å². The number of aryl methyl sites for hydroxylation is 1. The van der Waals surface area contributed by atoms with Crippen LogP contribution in [0, 0.1) is 12.7 Å². The largest absolute Gasteiger partial charge is 0.484 e. The Morgan fingerprint density at radius 1 is 1.06 bits per heavy atom. The van der Waals surface area contributed by atoms with E-state index in [0.29, 0.717) is 36.7 Å². The normalized spacial score (nSPS) is 14.8. The summed E-state index contributed by atoms with van der Waals surface area (Å²) in [6.45, 7) is 6.99. The lowest BCUT2D eigenvalue weighted by molar-refractivity contribution is -0.131. The Bertz CT molecular complexity index is 1280. The molecule has 35 heavy (non-hydrogen) atoms. The molecule has 2 aromatic carbocycles. The Morgan fingerprint density at radius 2 is 1.80 bits per heavy atom. The van der Waals surface area contributed by atoms with Gasteiger partial charge in [-0.25, -0.2) is 9.38 Å². The maximum absolute atomic E-state index is 13.8. The van der Waals surface area contributed by atoms with E-state index in [1.165, 1.54) is 11.6 Å². The molecule has 0 unspecified atom stereocenters. The minimum Gasteiger partial charge on any atom is -0.484 e. The lowest BCUT2D eigenvalue weighted by atomic mass is 10.1. The molecule has 0 fully saturated rings. The van der Waals surface area contributed by atoms with Crippen LogP contribution in [0.15, 0.2) is 70.9 Å². The molecule has 0 saturated carbocycles. The maximum Gasteiger partial charge on any atom is 0.244 e. The molecule has 1 aromatic heterocycles. The third kappa shape index (κ3) is 5.67. The van der Waals surface area contributed by atoms with E-state index in [0.717, 1.165) is 28.9 Å². The zero-order valence-electron chi connectivity index (χ0n) is 20.7. The van der Waals surface area contributed by atoms with E-state index in [4.69, 9.17) is 9.84 Å². The van der Waals surface area contributed by atoms with Gasteiger partial charge in [-0.3, -0.25) is 9.48 Å². The standard InChI is InChI=1S/C28H31FN4O2/c1-19-12-14-32(15-13-25(19)30-21(3)35-4)28(34)18-33-27(22-8-6-5-7-9-22)17-26(31-33)23-10-11-24(29)20(2)16-23/h5-11,16-17H,12-15,18H2,1-4H3. The van der Waals surface area contributed by atoms with Gasteiger partial charge in [-0.2, -0.15) is 5.10 Å². The van der Waals surface area contributed by atoms with Gasteiger partial charge in [0, 0.05) is 37.7 Å². The van der Waals surface area contributed by atoms with E-state index in [2.05, 4.69) is 11.9 Å². The molecular weight excluding hydrogens is 443 g/mol. The van der Waals surface area contributed by atoms with Crippen molar-refractivity contribution in [1.82, 2.24) is 14.7 Å². The number of nitrogens with zero attached hydrogens (tertiary/aromatic N) is 4. The fourth-order valence-corrected chi connectivity index (χ4v) is 4.20. The number of halogens is 1. The molecule has 3 aromatic rings. The van der Waals surface area contributed by atoms with E-state index in [9.17, 15) is 9.18 Å². The Morgan fingerprint density at radius 3 is 2.51 bits per heavy atom. The SMILES string of the molecule is COC(C)=NC1=C(C)CCN(C(=O)Cn2nc(-c3ccc(F)c(C)c3)cc2-c2ccccc2)CC1. The van der Waals surface area contributed by atoms with E-state index < -0.39 is 0 Å². The van der Waals surface area contributed by atoms with Crippen molar-refractivity contribution in [2.45, 2.75) is 40.2 Å². The summed E-state index contributed by atoms with van der Waals surface area (Å²) < 4.78 is 20.8. The molecule has 0 spiro atoms. The highest BCUT2D eigenvalue weighted by atomic mass is 19.1. The van der Waals surface area contributed by atoms with Gasteiger partial charge in [0.2, 0.25) is 5.91 Å². The molecule has 182 valence electrons. The first-order valence-electron chi connectivity index (χ1n) is 11.8. The molecular formula is C28H31FN4O2. The van der Waals surface area contributed by atoms with Crippen molar-refractivity contribution < 1.29 is 13.9 Å². The summed E-state index contributed by atoms with van der Waals surface area (Å²) in [7, 11) is 1.61. The smallest absolute Gasteiger partial charge is 0.244 e. The second kappa shape index (κ2) is 10.7. The van der Waals surface area contributed by atoms with Gasteiger partial charge in [-0.1, -0.05) is 30.3 Å². The predicted octanol–water partition coefficient (Wildman–Crippen LogP) is 5.63. The van der Waals surface area contributed by atoms with E-state index in [-0.39, 0.29) is 18.3 Å². The molecule has 4 rings (SSSR count). The van der Waals surface area contributed by atoms with Crippen molar-refractivity contribution in [2.75, 3.05) is 20.2 Å². The van der Waals surface area contributed by atoms with Crippen molar-refractivity contribution in [3.05, 3.63) is 77.2 Å². The highest BCUT2D eigenvalue weighted by Crippen LogP contribution is 2.28. The number of amides is 1. The number of carbonyl (C=O) groups is 1. The molecule has 0 saturated heterocycles. The molecule has 7 heteroatoms. The third-order valence-corrected chi connectivity index (χ3v) is 6.40. The lowest BCUT2D eigenvalue weighted by Crippen LogP contribution is -2.35. The van der Waals surface area contributed by atoms with Crippen molar-refractivity contribution >= 4 is 11.8 Å². The first-order valence-corrected chi connectivity index (χ1v) is 11.8. The van der Waals surface area contributed by atoms with Gasteiger partial charge in [0.05, 0.1) is 18.5 Å². The van der Waals surface area contributed by atoms with Gasteiger partial charge in [-0.15, -0.1) is 0 Å². The number of methoxy groups -OCH3 is 1. The summed E-state index contributed by atoms with van der Waals surface area (Å²) in [6, 6.07) is 16.8. The molecule has 0 aliphatic carbocycles. The zero-order chi connectivity index (χ0) is 24.9. The minimum absolute atomic E-state index is 0.00797. The summed E-state index contributed by atoms with van der Waals surface area (Å²) >= 11 is 0. The highest BCUT2D eigenvalue weighted by molar-refractivity contribution is 5.78. The van der Waals surface area contributed by atoms with Crippen molar-refractivity contribution in [3.63, 3.8) is 0 Å². The van der Waals surface area contributed by atoms with Crippen LogP contribution in [0.5, 0.6) is 0 Å². The second-order valence-electron chi connectivity index (χ2n) is 8.85. The number of hydrogen-bond acceptors (Lipinski definition) is 4. The number of carbonyl (C=O) groups excluding carboxylic acids is 1. The molecule has 0 atom stereocenters. The van der Waals surface area contributed by atoms with Crippen LogP contribution < -0.4 is 0 Å². The summed E-state index contributed by atoms with van der Waals surface area (Å²) in [5.74, 6) is 0.376. The first-order chi connectivity index (χ1) is 16.9. The Balaban J connectivity index is 1.59. The van der Waals surface area contributed by atoms with Crippen molar-refractivity contribution in [2.24, 2.45) is 4.99 Å². The molecule has 1 aliphatic rings. The molecule has 0 bridgehead atoms. The minimum atomic E-state index is -0.249. The van der Waals surface area contributed by atoms with Gasteiger partial charge in [0.15, 0.2) is 5.90 Å². The van der Waals surface area contributed by atoms with Crippen molar-refractivity contribution in [3.8, 4) is 22.5 Å². The number of aromatic nitrogens is 2. The number of rotatable bonds is 5. The number of benzene rings is 2. The topological polar surface area (TPSA) is 59.7 Å². The predicted molar refractivity (Wildman–Crippen MR) is 136 cm³/mol. The molecule has 1 aliphatic heterocycles. The van der Waals surface area contributed by atoms with Gasteiger partial charge in [0.25, 0.3) is 0 Å². The van der Waals surface area contributed by atoms with Crippen LogP contribution >= 0.6 is 0 Å². The Kier molecular flexibility index (Phi) is 7.44. The van der Waals surface area contributed by atoms with Crippen LogP contribution in [-0.4, -0.2) is 46.7 Å². The highest BCUT2D eigenvalue weighted by Gasteiger charge is 2.21. The van der Waals surface area contributed by atoms with E-state index in [1.807, 2.05) is 48.2 Å². The van der Waals surface area contributed by atoms with Crippen LogP contribution in [0.3, 0.4) is 0 Å². The fraction of sp³-hybridized carbons (Fsp3) is 0.321. The first kappa shape index (κ1) is 24.4. The number of ether oxygens (including phenoxy) is 1. The van der Waals surface area contributed by atoms with Crippen LogP contribution in [0.1, 0.15) is 32.3 Å². The van der Waals surface area contributed by atoms with Gasteiger partial charge in [-0.05, 0) is 61.2 Å². The quantitative estimate of drug-likeness (QED) is 0.356. The Labute approximate surface area is 205 Å². The van der Waals surface area contributed by atoms with E-state index in [1.54, 1.807) is 30.8 Å². The van der Waals surface area contributed by atoms with Crippen LogP contribution in [0.4, 0.5) is 4.39 Å². The summed E-state index contributed by atoms with van der Waals surface area (Å²) in [5.41, 5.74) is 6.06. The summed E-state index contributed by atoms with van der Waals surface area (Å²) in [5, 5.41) is 4.76. The molecule has 0 N–H and O–H groups in total. The lowest BCUT2D eigenvalue weighted by Gasteiger charge is -2.21. The van der Waals surface area contributed by atoms with Gasteiger partial charge < -0.3 is 9.64 Å². The van der Waals surface area contributed by atoms with E-state index >= 15 is 0 Å². The average molecular weight is 475 g/mol. The average Bonchev–Trinajstić information content (AvgIpc) is 3.19. The number of hydrogen-bond donors (Lipinski definition) is 0. The molecule has 0 radical (unpaired) electrons. The Hall–Kier alpha value is -3.74. The van der Waals surface area contributed by atoms with Crippen LogP contribution in [-0.2, 0) is 16.1 Å². The van der Waals surface area contributed by atoms with Crippen LogP contribution in [0.25, 0.3) is 22.5 Å². The third-order valence-electron chi connectivity index (χ3n) is 6.40. The fourth-order valence-electron chi connectivity index (χ4n) is 4.20. The molecule has 1 amide bonds. The monoisotopic (exact) mass is 474 g/mol. The second-order valence-corrected chi connectivity index (χ2v) is 8.85. The van der Waals surface area contributed by atoms with Crippen LogP contribution in [0.2, 0.25) is 0 Å². The molecule has 6 nitrogen and oxygen atoms in total. The van der Waals surface area contributed by atoms with Crippen molar-refractivity contribution in [1.29, 1.82) is 0 Å². The number of aliphatic imine (C=N–C) groups is 1. The molecule has 2 heterocycles. The summed E-state index contributed by atoms with van der Waals surface area (Å²) in [4.78, 5) is 19.8. The summed E-state index contributed by atoms with van der Waals surface area (Å²) in [6.07, 6.45) is 1.45. The van der Waals surface area contributed by atoms with Gasteiger partial charge in [0.1, 0.15) is 12.4 Å². The zero-order valence-corrected chi connectivity index (χ0v) is 20.7. The maximum atomic E-state index is 13.8.